The van der Waals surface area contributed by atoms with Crippen molar-refractivity contribution in [3.63, 3.8) is 0 Å². The van der Waals surface area contributed by atoms with Gasteiger partial charge in [-0.25, -0.2) is 10.1 Å². The maximum atomic E-state index is 12.9. The largest absolute Gasteiger partial charge is 0.416 e. The summed E-state index contributed by atoms with van der Waals surface area (Å²) >= 11 is 12.2. The average Bonchev–Trinajstić information content (AvgIpc) is 2.96. The first-order valence-corrected chi connectivity index (χ1v) is 8.94. The molecule has 0 bridgehead atoms. The summed E-state index contributed by atoms with van der Waals surface area (Å²) in [5, 5.41) is 8.33. The van der Waals surface area contributed by atoms with Gasteiger partial charge in [0.05, 0.1) is 39.3 Å². The van der Waals surface area contributed by atoms with Crippen LogP contribution in [0.3, 0.4) is 0 Å². The number of hydrogen-bond acceptors (Lipinski definition) is 3. The summed E-state index contributed by atoms with van der Waals surface area (Å²) in [5.41, 5.74) is 2.66. The standard InChI is InChI=1S/C19H13Cl2F3N4O/c1-11-15(10-25-26-18(29)14-7-2-3-8-16(14)20)17(21)28(27-11)13-6-4-5-12(9-13)19(22,23)24/h2-10H,1H3,(H,26,29). The third-order valence-electron chi connectivity index (χ3n) is 3.94. The van der Waals surface area contributed by atoms with E-state index in [2.05, 4.69) is 15.6 Å². The van der Waals surface area contributed by atoms with E-state index in [0.717, 1.165) is 12.1 Å². The number of alkyl halides is 3. The van der Waals surface area contributed by atoms with Crippen LogP contribution in [0.25, 0.3) is 5.69 Å². The minimum Gasteiger partial charge on any atom is -0.267 e. The van der Waals surface area contributed by atoms with Gasteiger partial charge in [-0.2, -0.15) is 23.4 Å². The third kappa shape index (κ3) is 4.60. The van der Waals surface area contributed by atoms with E-state index in [1.54, 1.807) is 25.1 Å². The van der Waals surface area contributed by atoms with E-state index in [-0.39, 0.29) is 21.4 Å². The Kier molecular flexibility index (Phi) is 5.95. The number of amides is 1. The second-order valence-electron chi connectivity index (χ2n) is 5.93. The molecule has 2 aromatic carbocycles. The van der Waals surface area contributed by atoms with E-state index in [1.165, 1.54) is 29.1 Å². The van der Waals surface area contributed by atoms with Crippen molar-refractivity contribution in [2.75, 3.05) is 0 Å². The molecule has 0 saturated carbocycles. The molecular weight excluding hydrogens is 428 g/mol. The number of benzene rings is 2. The fourth-order valence-electron chi connectivity index (χ4n) is 2.50. The predicted molar refractivity (Wildman–Crippen MR) is 105 cm³/mol. The van der Waals surface area contributed by atoms with Gasteiger partial charge in [-0.3, -0.25) is 4.79 Å². The molecular formula is C19H13Cl2F3N4O. The molecule has 3 aromatic rings. The van der Waals surface area contributed by atoms with Gasteiger partial charge < -0.3 is 0 Å². The van der Waals surface area contributed by atoms with Gasteiger partial charge in [-0.1, -0.05) is 41.4 Å². The highest BCUT2D eigenvalue weighted by Crippen LogP contribution is 2.31. The topological polar surface area (TPSA) is 59.3 Å². The monoisotopic (exact) mass is 440 g/mol. The average molecular weight is 441 g/mol. The Balaban J connectivity index is 1.84. The number of hydrazone groups is 1. The highest BCUT2D eigenvalue weighted by molar-refractivity contribution is 6.34. The minimum atomic E-state index is -4.49. The number of aryl methyl sites for hydroxylation is 1. The zero-order chi connectivity index (χ0) is 21.2. The van der Waals surface area contributed by atoms with Crippen LogP contribution in [-0.4, -0.2) is 21.9 Å². The molecule has 5 nitrogen and oxygen atoms in total. The molecule has 1 aromatic heterocycles. The zero-order valence-electron chi connectivity index (χ0n) is 14.8. The molecule has 1 heterocycles. The highest BCUT2D eigenvalue weighted by atomic mass is 35.5. The first-order chi connectivity index (χ1) is 13.7. The Morgan fingerprint density at radius 2 is 1.90 bits per heavy atom. The summed E-state index contributed by atoms with van der Waals surface area (Å²) in [6.45, 7) is 1.62. The number of aromatic nitrogens is 2. The first-order valence-electron chi connectivity index (χ1n) is 8.19. The number of carbonyl (C=O) groups is 1. The quantitative estimate of drug-likeness (QED) is 0.443. The van der Waals surface area contributed by atoms with E-state index < -0.39 is 17.6 Å². The van der Waals surface area contributed by atoms with Crippen LogP contribution in [0, 0.1) is 6.92 Å². The summed E-state index contributed by atoms with van der Waals surface area (Å²) in [6, 6.07) is 11.1. The van der Waals surface area contributed by atoms with Crippen LogP contribution in [0.15, 0.2) is 53.6 Å². The van der Waals surface area contributed by atoms with E-state index in [0.29, 0.717) is 11.3 Å². The van der Waals surface area contributed by atoms with Crippen molar-refractivity contribution in [1.82, 2.24) is 15.2 Å². The van der Waals surface area contributed by atoms with E-state index in [4.69, 9.17) is 23.2 Å². The zero-order valence-corrected chi connectivity index (χ0v) is 16.3. The molecule has 150 valence electrons. The summed E-state index contributed by atoms with van der Waals surface area (Å²) in [4.78, 5) is 12.1. The van der Waals surface area contributed by atoms with Crippen LogP contribution in [0.1, 0.15) is 27.2 Å². The number of halogens is 5. The summed E-state index contributed by atoms with van der Waals surface area (Å²) < 4.78 is 40.0. The molecule has 0 radical (unpaired) electrons. The fourth-order valence-corrected chi connectivity index (χ4v) is 3.05. The molecule has 29 heavy (non-hydrogen) atoms. The molecule has 0 atom stereocenters. The second-order valence-corrected chi connectivity index (χ2v) is 6.69. The number of carbonyl (C=O) groups excluding carboxylic acids is 1. The summed E-state index contributed by atoms with van der Waals surface area (Å²) in [6.07, 6.45) is -3.22. The Hall–Kier alpha value is -2.84. The van der Waals surface area contributed by atoms with Crippen LogP contribution in [0.2, 0.25) is 10.2 Å². The molecule has 3 rings (SSSR count). The van der Waals surface area contributed by atoms with Gasteiger partial charge in [0.1, 0.15) is 5.15 Å². The van der Waals surface area contributed by atoms with Gasteiger partial charge in [-0.05, 0) is 37.3 Å². The van der Waals surface area contributed by atoms with Gasteiger partial charge in [0.15, 0.2) is 0 Å². The molecule has 0 spiro atoms. The molecule has 1 amide bonds. The summed E-state index contributed by atoms with van der Waals surface area (Å²) in [7, 11) is 0. The smallest absolute Gasteiger partial charge is 0.267 e. The van der Waals surface area contributed by atoms with Crippen molar-refractivity contribution in [3.8, 4) is 5.69 Å². The van der Waals surface area contributed by atoms with E-state index >= 15 is 0 Å². The highest BCUT2D eigenvalue weighted by Gasteiger charge is 2.30. The maximum Gasteiger partial charge on any atom is 0.416 e. The van der Waals surface area contributed by atoms with E-state index in [1.807, 2.05) is 0 Å². The van der Waals surface area contributed by atoms with Gasteiger partial charge >= 0.3 is 6.18 Å². The molecule has 10 heteroatoms. The Labute approximate surface area is 173 Å². The Morgan fingerprint density at radius 3 is 2.59 bits per heavy atom. The van der Waals surface area contributed by atoms with Crippen molar-refractivity contribution in [3.05, 3.63) is 81.1 Å². The lowest BCUT2D eigenvalue weighted by atomic mass is 10.2. The lowest BCUT2D eigenvalue weighted by molar-refractivity contribution is -0.137. The van der Waals surface area contributed by atoms with E-state index in [9.17, 15) is 18.0 Å². The van der Waals surface area contributed by atoms with Crippen molar-refractivity contribution in [2.24, 2.45) is 5.10 Å². The Morgan fingerprint density at radius 1 is 1.17 bits per heavy atom. The third-order valence-corrected chi connectivity index (χ3v) is 4.64. The van der Waals surface area contributed by atoms with Crippen LogP contribution in [0.4, 0.5) is 13.2 Å². The second kappa shape index (κ2) is 8.26. The van der Waals surface area contributed by atoms with Gasteiger partial charge in [0, 0.05) is 0 Å². The normalized spacial score (nSPS) is 11.8. The lowest BCUT2D eigenvalue weighted by Crippen LogP contribution is -2.18. The van der Waals surface area contributed by atoms with Crippen LogP contribution >= 0.6 is 23.2 Å². The molecule has 0 aliphatic rings. The van der Waals surface area contributed by atoms with Gasteiger partial charge in [-0.15, -0.1) is 0 Å². The Bertz CT molecular complexity index is 1090. The maximum absolute atomic E-state index is 12.9. The van der Waals surface area contributed by atoms with Crippen molar-refractivity contribution in [2.45, 2.75) is 13.1 Å². The van der Waals surface area contributed by atoms with Crippen LogP contribution in [0.5, 0.6) is 0 Å². The molecule has 1 N–H and O–H groups in total. The summed E-state index contributed by atoms with van der Waals surface area (Å²) in [5.74, 6) is -0.522. The predicted octanol–water partition coefficient (Wildman–Crippen LogP) is 5.27. The number of hydrogen-bond donors (Lipinski definition) is 1. The van der Waals surface area contributed by atoms with Crippen LogP contribution in [-0.2, 0) is 6.18 Å². The molecule has 0 unspecified atom stereocenters. The molecule has 0 fully saturated rings. The number of nitrogens with one attached hydrogen (secondary N) is 1. The van der Waals surface area contributed by atoms with Crippen LogP contribution < -0.4 is 5.43 Å². The van der Waals surface area contributed by atoms with Gasteiger partial charge in [0.25, 0.3) is 5.91 Å². The number of rotatable bonds is 4. The SMILES string of the molecule is Cc1nn(-c2cccc(C(F)(F)F)c2)c(Cl)c1C=NNC(=O)c1ccccc1Cl. The number of nitrogens with zero attached hydrogens (tertiary/aromatic N) is 3. The molecule has 0 aliphatic heterocycles. The first kappa shape index (κ1) is 20.9. The van der Waals surface area contributed by atoms with Gasteiger partial charge in [0.2, 0.25) is 0 Å². The molecule has 0 saturated heterocycles. The van der Waals surface area contributed by atoms with Crippen molar-refractivity contribution >= 4 is 35.3 Å². The molecule has 0 aliphatic carbocycles. The fraction of sp³-hybridized carbons (Fsp3) is 0.105. The minimum absolute atomic E-state index is 0.0533. The van der Waals surface area contributed by atoms with Crippen molar-refractivity contribution in [1.29, 1.82) is 0 Å². The van der Waals surface area contributed by atoms with Crippen molar-refractivity contribution < 1.29 is 18.0 Å². The lowest BCUT2D eigenvalue weighted by Gasteiger charge is -2.09.